The maximum absolute atomic E-state index is 5.10. The molecular formula is C20H30O. The average Bonchev–Trinajstić information content (AvgIpc) is 2.90. The SMILES string of the molecule is C/C(=C\CCc1ccoc1)C/C=C1\C(C)CCCC1(C)C. The minimum absolute atomic E-state index is 0.398. The van der Waals surface area contributed by atoms with Crippen LogP contribution in [0.15, 0.2) is 46.3 Å². The minimum atomic E-state index is 0.398. The van der Waals surface area contributed by atoms with E-state index in [9.17, 15) is 0 Å². The second-order valence-corrected chi connectivity index (χ2v) is 7.26. The monoisotopic (exact) mass is 286 g/mol. The summed E-state index contributed by atoms with van der Waals surface area (Å²) < 4.78 is 5.10. The van der Waals surface area contributed by atoms with Gasteiger partial charge >= 0.3 is 0 Å². The Hall–Kier alpha value is -1.24. The second kappa shape index (κ2) is 7.15. The lowest BCUT2D eigenvalue weighted by molar-refractivity contribution is 0.288. The number of furan rings is 1. The summed E-state index contributed by atoms with van der Waals surface area (Å²) in [5.74, 6) is 0.757. The molecule has 0 amide bonds. The van der Waals surface area contributed by atoms with Crippen molar-refractivity contribution in [3.63, 3.8) is 0 Å². The third-order valence-corrected chi connectivity index (χ3v) is 4.90. The zero-order chi connectivity index (χ0) is 15.3. The Labute approximate surface area is 130 Å². The molecule has 1 aromatic rings. The van der Waals surface area contributed by atoms with Gasteiger partial charge < -0.3 is 4.42 Å². The lowest BCUT2D eigenvalue weighted by atomic mass is 9.68. The van der Waals surface area contributed by atoms with Crippen molar-refractivity contribution >= 4 is 0 Å². The zero-order valence-electron chi connectivity index (χ0n) is 14.1. The third kappa shape index (κ3) is 4.62. The van der Waals surface area contributed by atoms with Crippen molar-refractivity contribution in [2.45, 2.75) is 66.2 Å². The van der Waals surface area contributed by atoms with E-state index < -0.39 is 0 Å². The molecule has 0 bridgehead atoms. The standard InChI is InChI=1S/C20H30O/c1-16(7-5-9-18-12-14-21-15-18)10-11-19-17(2)8-6-13-20(19,3)4/h7,11-12,14-15,17H,5-6,8-10,13H2,1-4H3/b16-7+,19-11+. The number of allylic oxidation sites excluding steroid dienone is 4. The largest absolute Gasteiger partial charge is 0.472 e. The van der Waals surface area contributed by atoms with E-state index in [1.807, 2.05) is 6.26 Å². The lowest BCUT2D eigenvalue weighted by Gasteiger charge is -2.37. The van der Waals surface area contributed by atoms with Crippen LogP contribution in [0.3, 0.4) is 0 Å². The van der Waals surface area contributed by atoms with Gasteiger partial charge in [-0.15, -0.1) is 0 Å². The van der Waals surface area contributed by atoms with E-state index >= 15 is 0 Å². The van der Waals surface area contributed by atoms with E-state index in [4.69, 9.17) is 4.42 Å². The van der Waals surface area contributed by atoms with Crippen molar-refractivity contribution < 1.29 is 4.42 Å². The van der Waals surface area contributed by atoms with E-state index in [-0.39, 0.29) is 0 Å². The number of rotatable bonds is 5. The number of hydrogen-bond acceptors (Lipinski definition) is 1. The average molecular weight is 286 g/mol. The van der Waals surface area contributed by atoms with Gasteiger partial charge in [0, 0.05) is 0 Å². The molecule has 0 N–H and O–H groups in total. The van der Waals surface area contributed by atoms with Crippen LogP contribution in [0.5, 0.6) is 0 Å². The molecule has 1 atom stereocenters. The molecular weight excluding hydrogens is 256 g/mol. The Morgan fingerprint density at radius 3 is 2.90 bits per heavy atom. The first kappa shape index (κ1) is 16.1. The van der Waals surface area contributed by atoms with Crippen molar-refractivity contribution in [1.82, 2.24) is 0 Å². The molecule has 1 heterocycles. The van der Waals surface area contributed by atoms with Crippen molar-refractivity contribution in [3.8, 4) is 0 Å². The molecule has 1 saturated carbocycles. The van der Waals surface area contributed by atoms with Crippen LogP contribution in [0, 0.1) is 11.3 Å². The summed E-state index contributed by atoms with van der Waals surface area (Å²) in [4.78, 5) is 0. The smallest absolute Gasteiger partial charge is 0.0934 e. The van der Waals surface area contributed by atoms with Gasteiger partial charge in [0.25, 0.3) is 0 Å². The number of aryl methyl sites for hydroxylation is 1. The predicted molar refractivity (Wildman–Crippen MR) is 90.3 cm³/mol. The van der Waals surface area contributed by atoms with Gasteiger partial charge in [0.15, 0.2) is 0 Å². The van der Waals surface area contributed by atoms with E-state index in [2.05, 4.69) is 45.9 Å². The highest BCUT2D eigenvalue weighted by Crippen LogP contribution is 2.43. The summed E-state index contributed by atoms with van der Waals surface area (Å²) in [6.45, 7) is 9.47. The van der Waals surface area contributed by atoms with E-state index in [0.29, 0.717) is 5.41 Å². The van der Waals surface area contributed by atoms with E-state index in [1.54, 1.807) is 11.8 Å². The number of hydrogen-bond donors (Lipinski definition) is 0. The highest BCUT2D eigenvalue weighted by atomic mass is 16.3. The van der Waals surface area contributed by atoms with Crippen LogP contribution >= 0.6 is 0 Å². The molecule has 2 rings (SSSR count). The molecule has 1 unspecified atom stereocenters. The first-order valence-corrected chi connectivity index (χ1v) is 8.36. The van der Waals surface area contributed by atoms with Crippen LogP contribution < -0.4 is 0 Å². The fourth-order valence-electron chi connectivity index (χ4n) is 3.57. The third-order valence-electron chi connectivity index (χ3n) is 4.90. The van der Waals surface area contributed by atoms with Gasteiger partial charge in [-0.25, -0.2) is 0 Å². The molecule has 1 aliphatic carbocycles. The summed E-state index contributed by atoms with van der Waals surface area (Å²) in [5.41, 5.74) is 4.85. The molecule has 0 aliphatic heterocycles. The van der Waals surface area contributed by atoms with Gasteiger partial charge in [-0.1, -0.05) is 50.5 Å². The van der Waals surface area contributed by atoms with Crippen molar-refractivity contribution in [3.05, 3.63) is 47.5 Å². The van der Waals surface area contributed by atoms with Crippen molar-refractivity contribution in [1.29, 1.82) is 0 Å². The van der Waals surface area contributed by atoms with Crippen LogP contribution in [0.25, 0.3) is 0 Å². The molecule has 1 fully saturated rings. The molecule has 1 nitrogen and oxygen atoms in total. The highest BCUT2D eigenvalue weighted by molar-refractivity contribution is 5.20. The van der Waals surface area contributed by atoms with Gasteiger partial charge in [0.2, 0.25) is 0 Å². The van der Waals surface area contributed by atoms with Crippen LogP contribution in [0.1, 0.15) is 65.4 Å². The van der Waals surface area contributed by atoms with Crippen molar-refractivity contribution in [2.75, 3.05) is 0 Å². The second-order valence-electron chi connectivity index (χ2n) is 7.26. The van der Waals surface area contributed by atoms with Gasteiger partial charge in [0.1, 0.15) is 0 Å². The quantitative estimate of drug-likeness (QED) is 0.577. The van der Waals surface area contributed by atoms with Crippen LogP contribution in [-0.4, -0.2) is 0 Å². The first-order valence-electron chi connectivity index (χ1n) is 8.36. The van der Waals surface area contributed by atoms with Crippen LogP contribution in [0.2, 0.25) is 0 Å². The zero-order valence-corrected chi connectivity index (χ0v) is 14.1. The molecule has 0 aromatic carbocycles. The Morgan fingerprint density at radius 2 is 2.24 bits per heavy atom. The van der Waals surface area contributed by atoms with Crippen LogP contribution in [-0.2, 0) is 6.42 Å². The Morgan fingerprint density at radius 1 is 1.43 bits per heavy atom. The summed E-state index contributed by atoms with van der Waals surface area (Å²) >= 11 is 0. The fourth-order valence-corrected chi connectivity index (χ4v) is 3.57. The predicted octanol–water partition coefficient (Wildman–Crippen LogP) is 6.32. The van der Waals surface area contributed by atoms with E-state index in [0.717, 1.165) is 25.2 Å². The Balaban J connectivity index is 1.89. The Kier molecular flexibility index (Phi) is 5.50. The van der Waals surface area contributed by atoms with Gasteiger partial charge in [-0.05, 0) is 62.0 Å². The van der Waals surface area contributed by atoms with Crippen LogP contribution in [0.4, 0.5) is 0 Å². The van der Waals surface area contributed by atoms with Gasteiger partial charge in [-0.2, -0.15) is 0 Å². The summed E-state index contributed by atoms with van der Waals surface area (Å²) in [6, 6.07) is 2.05. The van der Waals surface area contributed by atoms with Gasteiger partial charge in [-0.3, -0.25) is 0 Å². The molecule has 1 aliphatic rings. The molecule has 0 spiro atoms. The fraction of sp³-hybridized carbons (Fsp3) is 0.600. The topological polar surface area (TPSA) is 13.1 Å². The molecule has 116 valence electrons. The summed E-state index contributed by atoms with van der Waals surface area (Å²) in [5, 5.41) is 0. The van der Waals surface area contributed by atoms with Crippen molar-refractivity contribution in [2.24, 2.45) is 11.3 Å². The minimum Gasteiger partial charge on any atom is -0.472 e. The molecule has 1 aromatic heterocycles. The normalized spacial score (nSPS) is 24.5. The maximum Gasteiger partial charge on any atom is 0.0934 e. The van der Waals surface area contributed by atoms with Gasteiger partial charge in [0.05, 0.1) is 12.5 Å². The summed E-state index contributed by atoms with van der Waals surface area (Å²) in [7, 11) is 0. The molecule has 1 heteroatoms. The Bertz CT molecular complexity index is 488. The summed E-state index contributed by atoms with van der Waals surface area (Å²) in [6.07, 6.45) is 15.8. The molecule has 0 radical (unpaired) electrons. The lowest BCUT2D eigenvalue weighted by Crippen LogP contribution is -2.24. The molecule has 0 saturated heterocycles. The maximum atomic E-state index is 5.10. The first-order chi connectivity index (χ1) is 9.99. The molecule has 21 heavy (non-hydrogen) atoms. The highest BCUT2D eigenvalue weighted by Gasteiger charge is 2.30. The van der Waals surface area contributed by atoms with E-state index in [1.165, 1.54) is 30.4 Å².